The number of nitrogens with one attached hydrogen (secondary N) is 1. The molecule has 4 heteroatoms. The number of aromatic nitrogens is 2. The fourth-order valence-electron chi connectivity index (χ4n) is 2.07. The van der Waals surface area contributed by atoms with Crippen molar-refractivity contribution in [2.75, 3.05) is 11.9 Å². The first-order valence-corrected chi connectivity index (χ1v) is 7.19. The molecule has 0 unspecified atom stereocenters. The highest BCUT2D eigenvalue weighted by molar-refractivity contribution is 7.09. The van der Waals surface area contributed by atoms with Crippen molar-refractivity contribution >= 4 is 27.9 Å². The van der Waals surface area contributed by atoms with Crippen LogP contribution in [0, 0.1) is 6.92 Å². The molecule has 0 radical (unpaired) electrons. The molecule has 0 saturated carbocycles. The summed E-state index contributed by atoms with van der Waals surface area (Å²) in [6.45, 7) is 2.92. The number of thiazole rings is 1. The van der Waals surface area contributed by atoms with Crippen LogP contribution in [0.1, 0.15) is 10.7 Å². The molecule has 96 valence electrons. The lowest BCUT2D eigenvalue weighted by molar-refractivity contribution is 0.988. The normalized spacial score (nSPS) is 10.8. The number of aryl methyl sites for hydroxylation is 1. The van der Waals surface area contributed by atoms with Gasteiger partial charge in [0.05, 0.1) is 10.5 Å². The number of rotatable bonds is 4. The lowest BCUT2D eigenvalue weighted by Crippen LogP contribution is -2.05. The van der Waals surface area contributed by atoms with E-state index in [1.54, 1.807) is 11.3 Å². The van der Waals surface area contributed by atoms with E-state index < -0.39 is 0 Å². The third-order valence-electron chi connectivity index (χ3n) is 2.97. The second-order valence-corrected chi connectivity index (χ2v) is 5.38. The van der Waals surface area contributed by atoms with E-state index in [1.165, 1.54) is 10.4 Å². The van der Waals surface area contributed by atoms with Gasteiger partial charge in [-0.05, 0) is 19.1 Å². The van der Waals surface area contributed by atoms with Crippen molar-refractivity contribution in [2.24, 2.45) is 0 Å². The molecule has 0 saturated heterocycles. The molecule has 2 aromatic heterocycles. The second-order valence-electron chi connectivity index (χ2n) is 4.44. The largest absolute Gasteiger partial charge is 0.384 e. The number of pyridine rings is 1. The SMILES string of the molecule is Cc1csc(CCNc2ccnc3ccccc23)n1. The zero-order valence-corrected chi connectivity index (χ0v) is 11.6. The van der Waals surface area contributed by atoms with Crippen LogP contribution in [0.2, 0.25) is 0 Å². The van der Waals surface area contributed by atoms with E-state index in [0.717, 1.165) is 29.9 Å². The van der Waals surface area contributed by atoms with E-state index in [-0.39, 0.29) is 0 Å². The lowest BCUT2D eigenvalue weighted by atomic mass is 10.2. The highest BCUT2D eigenvalue weighted by Gasteiger charge is 2.02. The number of benzene rings is 1. The van der Waals surface area contributed by atoms with Gasteiger partial charge < -0.3 is 5.32 Å². The highest BCUT2D eigenvalue weighted by Crippen LogP contribution is 2.21. The van der Waals surface area contributed by atoms with Crippen LogP contribution in [-0.4, -0.2) is 16.5 Å². The Hall–Kier alpha value is -1.94. The van der Waals surface area contributed by atoms with E-state index in [0.29, 0.717) is 0 Å². The number of anilines is 1. The van der Waals surface area contributed by atoms with Gasteiger partial charge in [0.1, 0.15) is 0 Å². The first-order valence-electron chi connectivity index (χ1n) is 6.31. The van der Waals surface area contributed by atoms with E-state index in [4.69, 9.17) is 0 Å². The molecule has 1 N–H and O–H groups in total. The summed E-state index contributed by atoms with van der Waals surface area (Å²) in [5, 5.41) is 7.92. The second kappa shape index (κ2) is 5.36. The maximum atomic E-state index is 4.47. The summed E-state index contributed by atoms with van der Waals surface area (Å²) in [7, 11) is 0. The van der Waals surface area contributed by atoms with Gasteiger partial charge in [0.15, 0.2) is 0 Å². The van der Waals surface area contributed by atoms with Crippen LogP contribution in [0.15, 0.2) is 41.9 Å². The average molecular weight is 269 g/mol. The van der Waals surface area contributed by atoms with E-state index in [1.807, 2.05) is 37.4 Å². The highest BCUT2D eigenvalue weighted by atomic mass is 32.1. The predicted molar refractivity (Wildman–Crippen MR) is 80.8 cm³/mol. The smallest absolute Gasteiger partial charge is 0.0945 e. The summed E-state index contributed by atoms with van der Waals surface area (Å²) >= 11 is 1.72. The summed E-state index contributed by atoms with van der Waals surface area (Å²) < 4.78 is 0. The zero-order chi connectivity index (χ0) is 13.1. The Balaban J connectivity index is 1.71. The van der Waals surface area contributed by atoms with Crippen LogP contribution >= 0.6 is 11.3 Å². The Labute approximate surface area is 116 Å². The van der Waals surface area contributed by atoms with Gasteiger partial charge in [-0.25, -0.2) is 4.98 Å². The molecule has 0 amide bonds. The molecule has 19 heavy (non-hydrogen) atoms. The third-order valence-corrected chi connectivity index (χ3v) is 4.00. The molecule has 3 nitrogen and oxygen atoms in total. The maximum Gasteiger partial charge on any atom is 0.0945 e. The minimum atomic E-state index is 0.890. The molecule has 0 spiro atoms. The van der Waals surface area contributed by atoms with Crippen LogP contribution in [0.25, 0.3) is 10.9 Å². The standard InChI is InChI=1S/C15H15N3S/c1-11-10-19-15(18-11)7-9-17-14-6-8-16-13-5-3-2-4-12(13)14/h2-6,8,10H,7,9H2,1H3,(H,16,17). The Kier molecular flexibility index (Phi) is 3.42. The van der Waals surface area contributed by atoms with Gasteiger partial charge >= 0.3 is 0 Å². The van der Waals surface area contributed by atoms with Crippen LogP contribution in [-0.2, 0) is 6.42 Å². The molecular weight excluding hydrogens is 254 g/mol. The minimum Gasteiger partial charge on any atom is -0.384 e. The molecular formula is C15H15N3S. The molecule has 2 heterocycles. The molecule has 3 rings (SSSR count). The van der Waals surface area contributed by atoms with Crippen molar-refractivity contribution < 1.29 is 0 Å². The van der Waals surface area contributed by atoms with Crippen molar-refractivity contribution in [1.82, 2.24) is 9.97 Å². The van der Waals surface area contributed by atoms with Gasteiger partial charge in [0.2, 0.25) is 0 Å². The van der Waals surface area contributed by atoms with Crippen LogP contribution in [0.3, 0.4) is 0 Å². The number of para-hydroxylation sites is 1. The average Bonchev–Trinajstić information content (AvgIpc) is 2.85. The Bertz CT molecular complexity index is 685. The fraction of sp³-hybridized carbons (Fsp3) is 0.200. The van der Waals surface area contributed by atoms with Gasteiger partial charge in [-0.1, -0.05) is 18.2 Å². The molecule has 1 aromatic carbocycles. The summed E-state index contributed by atoms with van der Waals surface area (Å²) in [5.41, 5.74) is 3.27. The Morgan fingerprint density at radius 3 is 2.95 bits per heavy atom. The molecule has 0 aliphatic heterocycles. The van der Waals surface area contributed by atoms with Gasteiger partial charge in [-0.2, -0.15) is 0 Å². The summed E-state index contributed by atoms with van der Waals surface area (Å²) in [5.74, 6) is 0. The van der Waals surface area contributed by atoms with Gasteiger partial charge in [0.25, 0.3) is 0 Å². The number of hydrogen-bond donors (Lipinski definition) is 1. The summed E-state index contributed by atoms with van der Waals surface area (Å²) in [4.78, 5) is 8.83. The minimum absolute atomic E-state index is 0.890. The first-order chi connectivity index (χ1) is 9.33. The molecule has 0 atom stereocenters. The quantitative estimate of drug-likeness (QED) is 0.785. The van der Waals surface area contributed by atoms with Crippen molar-refractivity contribution in [3.05, 3.63) is 52.6 Å². The Morgan fingerprint density at radius 1 is 1.21 bits per heavy atom. The maximum absolute atomic E-state index is 4.47. The fourth-order valence-corrected chi connectivity index (χ4v) is 2.85. The number of nitrogens with zero attached hydrogens (tertiary/aromatic N) is 2. The zero-order valence-electron chi connectivity index (χ0n) is 10.8. The van der Waals surface area contributed by atoms with Gasteiger partial charge in [0, 0.05) is 41.3 Å². The molecule has 0 aliphatic rings. The monoisotopic (exact) mass is 269 g/mol. The topological polar surface area (TPSA) is 37.8 Å². The van der Waals surface area contributed by atoms with Crippen LogP contribution < -0.4 is 5.32 Å². The molecule has 0 fully saturated rings. The van der Waals surface area contributed by atoms with E-state index >= 15 is 0 Å². The van der Waals surface area contributed by atoms with Gasteiger partial charge in [-0.15, -0.1) is 11.3 Å². The van der Waals surface area contributed by atoms with Gasteiger partial charge in [-0.3, -0.25) is 4.98 Å². The summed E-state index contributed by atoms with van der Waals surface area (Å²) in [6.07, 6.45) is 2.80. The van der Waals surface area contributed by atoms with Crippen LogP contribution in [0.5, 0.6) is 0 Å². The number of fused-ring (bicyclic) bond motifs is 1. The van der Waals surface area contributed by atoms with E-state index in [9.17, 15) is 0 Å². The lowest BCUT2D eigenvalue weighted by Gasteiger charge is -2.08. The van der Waals surface area contributed by atoms with Crippen molar-refractivity contribution in [3.63, 3.8) is 0 Å². The first kappa shape index (κ1) is 12.1. The van der Waals surface area contributed by atoms with E-state index in [2.05, 4.69) is 26.7 Å². The Morgan fingerprint density at radius 2 is 2.11 bits per heavy atom. The molecule has 0 bridgehead atoms. The summed E-state index contributed by atoms with van der Waals surface area (Å²) in [6, 6.07) is 10.2. The van der Waals surface area contributed by atoms with Crippen molar-refractivity contribution in [1.29, 1.82) is 0 Å². The van der Waals surface area contributed by atoms with Crippen molar-refractivity contribution in [2.45, 2.75) is 13.3 Å². The van der Waals surface area contributed by atoms with Crippen LogP contribution in [0.4, 0.5) is 5.69 Å². The third kappa shape index (κ3) is 2.74. The predicted octanol–water partition coefficient (Wildman–Crippen LogP) is 3.65. The van der Waals surface area contributed by atoms with Crippen molar-refractivity contribution in [3.8, 4) is 0 Å². The number of hydrogen-bond acceptors (Lipinski definition) is 4. The molecule has 3 aromatic rings. The molecule has 0 aliphatic carbocycles.